The minimum Gasteiger partial charge on any atom is -0.383 e. The lowest BCUT2D eigenvalue weighted by Crippen LogP contribution is -2.20. The molecule has 102 valence electrons. The summed E-state index contributed by atoms with van der Waals surface area (Å²) in [6.07, 6.45) is 6.52. The van der Waals surface area contributed by atoms with Crippen LogP contribution in [0.4, 0.5) is 0 Å². The van der Waals surface area contributed by atoms with Crippen LogP contribution in [0.3, 0.4) is 0 Å². The normalized spacial score (nSPS) is 17.2. The maximum Gasteiger partial charge on any atom is 0.154 e. The van der Waals surface area contributed by atoms with Crippen LogP contribution in [-0.2, 0) is 18.3 Å². The molecule has 1 heterocycles. The topological polar surface area (TPSA) is 52.0 Å². The van der Waals surface area contributed by atoms with Gasteiger partial charge in [0.15, 0.2) is 5.82 Å². The first kappa shape index (κ1) is 13.5. The molecule has 0 bridgehead atoms. The number of aryl methyl sites for hydroxylation is 1. The molecular weight excluding hydrogens is 228 g/mol. The molecule has 0 aliphatic heterocycles. The van der Waals surface area contributed by atoms with E-state index < -0.39 is 0 Å². The zero-order chi connectivity index (χ0) is 12.8. The van der Waals surface area contributed by atoms with Crippen LogP contribution < -0.4 is 5.32 Å². The number of methoxy groups -OCH3 is 1. The minimum absolute atomic E-state index is 0.581. The van der Waals surface area contributed by atoms with Gasteiger partial charge in [0.1, 0.15) is 5.82 Å². The lowest BCUT2D eigenvalue weighted by atomic mass is 9.89. The van der Waals surface area contributed by atoms with Crippen LogP contribution in [0, 0.1) is 0 Å². The molecule has 0 spiro atoms. The molecule has 5 nitrogen and oxygen atoms in total. The van der Waals surface area contributed by atoms with E-state index in [1.54, 1.807) is 7.11 Å². The van der Waals surface area contributed by atoms with Crippen LogP contribution in [0.15, 0.2) is 0 Å². The Bertz CT molecular complexity index is 358. The molecular formula is C13H24N4O. The van der Waals surface area contributed by atoms with Crippen LogP contribution in [-0.4, -0.2) is 35.0 Å². The van der Waals surface area contributed by atoms with Crippen LogP contribution in [0.2, 0.25) is 0 Å². The van der Waals surface area contributed by atoms with Crippen molar-refractivity contribution >= 4 is 0 Å². The summed E-state index contributed by atoms with van der Waals surface area (Å²) >= 11 is 0. The van der Waals surface area contributed by atoms with Crippen molar-refractivity contribution in [3.63, 3.8) is 0 Å². The molecule has 1 saturated carbocycles. The fourth-order valence-corrected chi connectivity index (χ4v) is 2.50. The van der Waals surface area contributed by atoms with E-state index in [0.717, 1.165) is 31.3 Å². The highest BCUT2D eigenvalue weighted by molar-refractivity contribution is 5.00. The molecule has 0 unspecified atom stereocenters. The van der Waals surface area contributed by atoms with Crippen LogP contribution in [0.1, 0.15) is 49.7 Å². The van der Waals surface area contributed by atoms with Crippen molar-refractivity contribution in [1.29, 1.82) is 0 Å². The van der Waals surface area contributed by atoms with Gasteiger partial charge in [0.25, 0.3) is 0 Å². The van der Waals surface area contributed by atoms with Gasteiger partial charge in [-0.3, -0.25) is 4.68 Å². The average molecular weight is 252 g/mol. The standard InChI is InChI=1S/C13H24N4O/c1-17-12(10-14-8-9-18-2)15-13(16-17)11-6-4-3-5-7-11/h11,14H,3-10H2,1-2H3. The van der Waals surface area contributed by atoms with Crippen molar-refractivity contribution in [1.82, 2.24) is 20.1 Å². The number of aromatic nitrogens is 3. The zero-order valence-corrected chi connectivity index (χ0v) is 11.5. The van der Waals surface area contributed by atoms with Gasteiger partial charge in [-0.2, -0.15) is 5.10 Å². The van der Waals surface area contributed by atoms with Crippen molar-refractivity contribution in [2.24, 2.45) is 7.05 Å². The molecule has 1 N–H and O–H groups in total. The number of nitrogens with one attached hydrogen (secondary N) is 1. The predicted molar refractivity (Wildman–Crippen MR) is 70.4 cm³/mol. The molecule has 18 heavy (non-hydrogen) atoms. The Hall–Kier alpha value is -0.940. The first-order valence-electron chi connectivity index (χ1n) is 6.90. The molecule has 1 aliphatic rings. The molecule has 0 amide bonds. The molecule has 1 fully saturated rings. The van der Waals surface area contributed by atoms with Gasteiger partial charge in [0.05, 0.1) is 13.2 Å². The predicted octanol–water partition coefficient (Wildman–Crippen LogP) is 1.60. The minimum atomic E-state index is 0.581. The van der Waals surface area contributed by atoms with E-state index in [4.69, 9.17) is 4.74 Å². The molecule has 1 aliphatic carbocycles. The van der Waals surface area contributed by atoms with E-state index in [1.165, 1.54) is 32.1 Å². The summed E-state index contributed by atoms with van der Waals surface area (Å²) in [5.74, 6) is 2.64. The first-order valence-corrected chi connectivity index (χ1v) is 6.90. The van der Waals surface area contributed by atoms with E-state index in [-0.39, 0.29) is 0 Å². The summed E-state index contributed by atoms with van der Waals surface area (Å²) in [6.45, 7) is 2.34. The van der Waals surface area contributed by atoms with Gasteiger partial charge in [-0.05, 0) is 12.8 Å². The summed E-state index contributed by atoms with van der Waals surface area (Å²) in [7, 11) is 3.69. The largest absolute Gasteiger partial charge is 0.383 e. The number of ether oxygens (including phenoxy) is 1. The maximum atomic E-state index is 5.01. The molecule has 0 atom stereocenters. The van der Waals surface area contributed by atoms with Crippen molar-refractivity contribution in [3.8, 4) is 0 Å². The summed E-state index contributed by atoms with van der Waals surface area (Å²) in [4.78, 5) is 4.68. The van der Waals surface area contributed by atoms with E-state index in [0.29, 0.717) is 5.92 Å². The van der Waals surface area contributed by atoms with Gasteiger partial charge < -0.3 is 10.1 Å². The molecule has 0 radical (unpaired) electrons. The van der Waals surface area contributed by atoms with Gasteiger partial charge in [0.2, 0.25) is 0 Å². The fraction of sp³-hybridized carbons (Fsp3) is 0.846. The molecule has 1 aromatic heterocycles. The Morgan fingerprint density at radius 1 is 1.33 bits per heavy atom. The third-order valence-electron chi connectivity index (χ3n) is 3.61. The summed E-state index contributed by atoms with van der Waals surface area (Å²) in [5.41, 5.74) is 0. The Morgan fingerprint density at radius 2 is 2.11 bits per heavy atom. The summed E-state index contributed by atoms with van der Waals surface area (Å²) < 4.78 is 6.91. The monoisotopic (exact) mass is 252 g/mol. The maximum absolute atomic E-state index is 5.01. The number of hydrogen-bond donors (Lipinski definition) is 1. The molecule has 0 aromatic carbocycles. The zero-order valence-electron chi connectivity index (χ0n) is 11.5. The number of nitrogens with zero attached hydrogens (tertiary/aromatic N) is 3. The number of hydrogen-bond acceptors (Lipinski definition) is 4. The third kappa shape index (κ3) is 3.53. The Labute approximate surface area is 109 Å². The van der Waals surface area contributed by atoms with Crippen molar-refractivity contribution in [2.75, 3.05) is 20.3 Å². The highest BCUT2D eigenvalue weighted by Gasteiger charge is 2.20. The lowest BCUT2D eigenvalue weighted by molar-refractivity contribution is 0.199. The summed E-state index contributed by atoms with van der Waals surface area (Å²) in [5, 5.41) is 7.88. The van der Waals surface area contributed by atoms with Gasteiger partial charge >= 0.3 is 0 Å². The fourth-order valence-electron chi connectivity index (χ4n) is 2.50. The van der Waals surface area contributed by atoms with Crippen molar-refractivity contribution in [3.05, 3.63) is 11.6 Å². The summed E-state index contributed by atoms with van der Waals surface area (Å²) in [6, 6.07) is 0. The van der Waals surface area contributed by atoms with Crippen LogP contribution in [0.25, 0.3) is 0 Å². The van der Waals surface area contributed by atoms with Crippen LogP contribution in [0.5, 0.6) is 0 Å². The van der Waals surface area contributed by atoms with Crippen LogP contribution >= 0.6 is 0 Å². The van der Waals surface area contributed by atoms with Gasteiger partial charge in [0, 0.05) is 26.6 Å². The second-order valence-corrected chi connectivity index (χ2v) is 5.01. The lowest BCUT2D eigenvalue weighted by Gasteiger charge is -2.18. The molecule has 1 aromatic rings. The van der Waals surface area contributed by atoms with Gasteiger partial charge in [-0.15, -0.1) is 0 Å². The molecule has 0 saturated heterocycles. The first-order chi connectivity index (χ1) is 8.81. The van der Waals surface area contributed by atoms with E-state index >= 15 is 0 Å². The Balaban J connectivity index is 1.89. The second-order valence-electron chi connectivity index (χ2n) is 5.01. The van der Waals surface area contributed by atoms with E-state index in [2.05, 4.69) is 15.4 Å². The van der Waals surface area contributed by atoms with Crippen molar-refractivity contribution < 1.29 is 4.74 Å². The van der Waals surface area contributed by atoms with E-state index in [1.807, 2.05) is 11.7 Å². The Kier molecular flexibility index (Phi) is 5.13. The quantitative estimate of drug-likeness (QED) is 0.781. The molecule has 5 heteroatoms. The second kappa shape index (κ2) is 6.85. The van der Waals surface area contributed by atoms with E-state index in [9.17, 15) is 0 Å². The van der Waals surface area contributed by atoms with Gasteiger partial charge in [-0.1, -0.05) is 19.3 Å². The number of rotatable bonds is 6. The highest BCUT2D eigenvalue weighted by atomic mass is 16.5. The average Bonchev–Trinajstić information content (AvgIpc) is 2.77. The Morgan fingerprint density at radius 3 is 2.83 bits per heavy atom. The van der Waals surface area contributed by atoms with Gasteiger partial charge in [-0.25, -0.2) is 4.98 Å². The highest BCUT2D eigenvalue weighted by Crippen LogP contribution is 2.30. The SMILES string of the molecule is COCCNCc1nc(C2CCCCC2)nn1C. The third-order valence-corrected chi connectivity index (χ3v) is 3.61. The molecule has 2 rings (SSSR count). The van der Waals surface area contributed by atoms with Crippen molar-refractivity contribution in [2.45, 2.75) is 44.6 Å². The smallest absolute Gasteiger partial charge is 0.154 e.